The fourth-order valence-electron chi connectivity index (χ4n) is 2.77. The fraction of sp³-hybridized carbons (Fsp3) is 0.682. The number of unbranched alkanes of at least 4 members (excludes halogenated alkanes) is 3. The van der Waals surface area contributed by atoms with Crippen LogP contribution in [0.4, 0.5) is 5.69 Å². The van der Waals surface area contributed by atoms with E-state index < -0.39 is 5.60 Å². The summed E-state index contributed by atoms with van der Waals surface area (Å²) in [5.74, 6) is 0.811. The molecule has 0 aromatic heterocycles. The van der Waals surface area contributed by atoms with Crippen molar-refractivity contribution < 1.29 is 14.3 Å². The molecule has 0 aliphatic heterocycles. The first kappa shape index (κ1) is 22.5. The lowest BCUT2D eigenvalue weighted by atomic mass is 9.96. The molecular formula is C22H37NO3. The third-order valence-electron chi connectivity index (χ3n) is 4.55. The molecule has 0 aliphatic carbocycles. The second-order valence-electron chi connectivity index (χ2n) is 7.17. The average molecular weight is 364 g/mol. The van der Waals surface area contributed by atoms with Gasteiger partial charge in [0.15, 0.2) is 0 Å². The molecule has 0 aliphatic rings. The second-order valence-corrected chi connectivity index (χ2v) is 7.17. The van der Waals surface area contributed by atoms with Gasteiger partial charge >= 0.3 is 0 Å². The highest BCUT2D eigenvalue weighted by molar-refractivity contribution is 5.97. The summed E-state index contributed by atoms with van der Waals surface area (Å²) < 4.78 is 11.7. The lowest BCUT2D eigenvalue weighted by Gasteiger charge is -2.29. The van der Waals surface area contributed by atoms with Crippen LogP contribution in [0.1, 0.15) is 78.2 Å². The summed E-state index contributed by atoms with van der Waals surface area (Å²) in [6.45, 7) is 11.6. The second kappa shape index (κ2) is 11.9. The molecule has 4 heteroatoms. The highest BCUT2D eigenvalue weighted by Gasteiger charge is 2.33. The molecular weight excluding hydrogens is 326 g/mol. The van der Waals surface area contributed by atoms with Crippen LogP contribution in [0.2, 0.25) is 0 Å². The third kappa shape index (κ3) is 7.36. The van der Waals surface area contributed by atoms with E-state index in [9.17, 15) is 4.79 Å². The molecule has 1 atom stereocenters. The summed E-state index contributed by atoms with van der Waals surface area (Å²) in [5.41, 5.74) is 1.04. The fourth-order valence-corrected chi connectivity index (χ4v) is 2.77. The molecule has 1 aromatic carbocycles. The number of carbonyl (C=O) groups is 1. The summed E-state index contributed by atoms with van der Waals surface area (Å²) in [4.78, 5) is 12.9. The Morgan fingerprint density at radius 1 is 1.04 bits per heavy atom. The number of carbonyl (C=O) groups excluding carboxylic acids is 1. The van der Waals surface area contributed by atoms with E-state index in [0.717, 1.165) is 68.6 Å². The Morgan fingerprint density at radius 3 is 2.38 bits per heavy atom. The number of benzene rings is 1. The van der Waals surface area contributed by atoms with Crippen LogP contribution in [-0.2, 0) is 9.53 Å². The van der Waals surface area contributed by atoms with Crippen LogP contribution < -0.4 is 10.1 Å². The molecule has 0 bridgehead atoms. The first-order valence-electron chi connectivity index (χ1n) is 10.2. The first-order valence-corrected chi connectivity index (χ1v) is 10.2. The van der Waals surface area contributed by atoms with Gasteiger partial charge in [-0.3, -0.25) is 4.79 Å². The van der Waals surface area contributed by atoms with Crippen molar-refractivity contribution in [3.63, 3.8) is 0 Å². The molecule has 1 aromatic rings. The van der Waals surface area contributed by atoms with Crippen LogP contribution in [0.5, 0.6) is 5.75 Å². The molecule has 0 radical (unpaired) electrons. The van der Waals surface area contributed by atoms with Gasteiger partial charge in [0, 0.05) is 12.3 Å². The largest absolute Gasteiger partial charge is 0.493 e. The Bertz CT molecular complexity index is 544. The first-order chi connectivity index (χ1) is 12.5. The Balaban J connectivity index is 2.76. The van der Waals surface area contributed by atoms with Gasteiger partial charge in [-0.05, 0) is 56.9 Å². The topological polar surface area (TPSA) is 47.6 Å². The van der Waals surface area contributed by atoms with E-state index in [4.69, 9.17) is 9.47 Å². The molecule has 1 rings (SSSR count). The maximum absolute atomic E-state index is 12.9. The van der Waals surface area contributed by atoms with E-state index in [0.29, 0.717) is 6.61 Å². The molecule has 26 heavy (non-hydrogen) atoms. The van der Waals surface area contributed by atoms with Crippen molar-refractivity contribution in [2.24, 2.45) is 0 Å². The minimum absolute atomic E-state index is 0.0684. The van der Waals surface area contributed by atoms with Gasteiger partial charge < -0.3 is 14.8 Å². The summed E-state index contributed by atoms with van der Waals surface area (Å²) in [6.07, 6.45) is 7.03. The monoisotopic (exact) mass is 363 g/mol. The zero-order chi connectivity index (χ0) is 19.4. The van der Waals surface area contributed by atoms with E-state index in [-0.39, 0.29) is 5.91 Å². The predicted molar refractivity (Wildman–Crippen MR) is 109 cm³/mol. The quantitative estimate of drug-likeness (QED) is 0.445. The summed E-state index contributed by atoms with van der Waals surface area (Å²) in [6, 6.07) is 5.80. The van der Waals surface area contributed by atoms with E-state index in [1.807, 2.05) is 32.0 Å². The van der Waals surface area contributed by atoms with Crippen molar-refractivity contribution in [1.82, 2.24) is 0 Å². The highest BCUT2D eigenvalue weighted by atomic mass is 16.5. The van der Waals surface area contributed by atoms with E-state index in [1.165, 1.54) is 0 Å². The molecule has 4 nitrogen and oxygen atoms in total. The molecule has 148 valence electrons. The minimum Gasteiger partial charge on any atom is -0.493 e. The van der Waals surface area contributed by atoms with Crippen molar-refractivity contribution in [2.75, 3.05) is 18.5 Å². The molecule has 1 N–H and O–H groups in total. The summed E-state index contributed by atoms with van der Waals surface area (Å²) >= 11 is 0. The molecule has 0 saturated heterocycles. The van der Waals surface area contributed by atoms with Crippen LogP contribution in [0.3, 0.4) is 0 Å². The number of anilines is 1. The van der Waals surface area contributed by atoms with Crippen molar-refractivity contribution in [2.45, 2.75) is 85.2 Å². The smallest absolute Gasteiger partial charge is 0.256 e. The van der Waals surface area contributed by atoms with Gasteiger partial charge in [0.05, 0.1) is 6.61 Å². The maximum Gasteiger partial charge on any atom is 0.256 e. The van der Waals surface area contributed by atoms with Gasteiger partial charge in [0.2, 0.25) is 0 Å². The van der Waals surface area contributed by atoms with Crippen molar-refractivity contribution in [1.29, 1.82) is 0 Å². The highest BCUT2D eigenvalue weighted by Crippen LogP contribution is 2.26. The van der Waals surface area contributed by atoms with Gasteiger partial charge in [0.25, 0.3) is 5.91 Å². The molecule has 0 heterocycles. The van der Waals surface area contributed by atoms with Crippen LogP contribution in [0.25, 0.3) is 0 Å². The molecule has 0 unspecified atom stereocenters. The number of amides is 1. The lowest BCUT2D eigenvalue weighted by molar-refractivity contribution is -0.140. The van der Waals surface area contributed by atoms with Crippen molar-refractivity contribution in [3.05, 3.63) is 23.8 Å². The molecule has 0 fully saturated rings. The van der Waals surface area contributed by atoms with Crippen LogP contribution in [0, 0.1) is 6.92 Å². The zero-order valence-corrected chi connectivity index (χ0v) is 17.3. The van der Waals surface area contributed by atoms with Gasteiger partial charge in [-0.25, -0.2) is 0 Å². The molecule has 0 saturated carbocycles. The van der Waals surface area contributed by atoms with Crippen molar-refractivity contribution in [3.8, 4) is 5.75 Å². The minimum atomic E-state index is -0.782. The Labute approximate surface area is 159 Å². The summed E-state index contributed by atoms with van der Waals surface area (Å²) in [7, 11) is 0. The van der Waals surface area contributed by atoms with Crippen LogP contribution in [0.15, 0.2) is 18.2 Å². The van der Waals surface area contributed by atoms with Gasteiger partial charge in [0.1, 0.15) is 11.4 Å². The maximum atomic E-state index is 12.9. The number of hydrogen-bond donors (Lipinski definition) is 1. The Morgan fingerprint density at radius 2 is 1.77 bits per heavy atom. The summed E-state index contributed by atoms with van der Waals surface area (Å²) in [5, 5.41) is 3.03. The normalized spacial score (nSPS) is 13.3. The standard InChI is InChI=1S/C22H37NO3/c1-6-9-11-14-22(5,26-15-8-3)21(24)23-19-12-13-20(18(4)17-19)25-16-10-7-2/h12-13,17H,6-11,14-16H2,1-5H3,(H,23,24)/t22-/m1/s1. The van der Waals surface area contributed by atoms with Gasteiger partial charge in [-0.1, -0.05) is 46.5 Å². The Kier molecular flexibility index (Phi) is 10.3. The van der Waals surface area contributed by atoms with Crippen LogP contribution >= 0.6 is 0 Å². The number of aryl methyl sites for hydroxylation is 1. The van der Waals surface area contributed by atoms with E-state index in [2.05, 4.69) is 26.1 Å². The van der Waals surface area contributed by atoms with E-state index in [1.54, 1.807) is 0 Å². The third-order valence-corrected chi connectivity index (χ3v) is 4.55. The van der Waals surface area contributed by atoms with Crippen LogP contribution in [-0.4, -0.2) is 24.7 Å². The van der Waals surface area contributed by atoms with Gasteiger partial charge in [-0.2, -0.15) is 0 Å². The Hall–Kier alpha value is -1.55. The lowest BCUT2D eigenvalue weighted by Crippen LogP contribution is -2.43. The number of rotatable bonds is 13. The number of nitrogens with one attached hydrogen (secondary N) is 1. The van der Waals surface area contributed by atoms with E-state index >= 15 is 0 Å². The predicted octanol–water partition coefficient (Wildman–Crippen LogP) is 5.88. The SMILES string of the molecule is CCCCC[C@@](C)(OCCC)C(=O)Nc1ccc(OCCCC)c(C)c1. The van der Waals surface area contributed by atoms with Gasteiger partial charge in [-0.15, -0.1) is 0 Å². The van der Waals surface area contributed by atoms with Crippen molar-refractivity contribution >= 4 is 11.6 Å². The molecule has 1 amide bonds. The number of hydrogen-bond acceptors (Lipinski definition) is 3. The molecule has 0 spiro atoms. The zero-order valence-electron chi connectivity index (χ0n) is 17.3. The average Bonchev–Trinajstić information content (AvgIpc) is 2.62. The number of ether oxygens (including phenoxy) is 2.